The molecule has 0 bridgehead atoms. The van der Waals surface area contributed by atoms with Gasteiger partial charge in [0.15, 0.2) is 5.65 Å². The van der Waals surface area contributed by atoms with Crippen LogP contribution in [0.5, 0.6) is 0 Å². The van der Waals surface area contributed by atoms with Crippen LogP contribution >= 0.6 is 0 Å². The fourth-order valence-electron chi connectivity index (χ4n) is 2.54. The molecule has 3 heterocycles. The molecule has 3 aromatic heterocycles. The van der Waals surface area contributed by atoms with E-state index in [0.29, 0.717) is 18.0 Å². The summed E-state index contributed by atoms with van der Waals surface area (Å²) in [6.45, 7) is 2.69. The summed E-state index contributed by atoms with van der Waals surface area (Å²) in [7, 11) is 3.25. The van der Waals surface area contributed by atoms with E-state index in [1.807, 2.05) is 13.2 Å². The van der Waals surface area contributed by atoms with E-state index in [-0.39, 0.29) is 12.5 Å². The molecule has 0 radical (unpaired) electrons. The lowest BCUT2D eigenvalue weighted by Crippen LogP contribution is -2.13. The zero-order valence-electron chi connectivity index (χ0n) is 13.9. The van der Waals surface area contributed by atoms with E-state index in [0.717, 1.165) is 23.1 Å². The molecular formula is C15H19N7O2. The lowest BCUT2D eigenvalue weighted by atomic mass is 10.2. The van der Waals surface area contributed by atoms with Gasteiger partial charge in [0.2, 0.25) is 0 Å². The molecule has 0 aliphatic carbocycles. The molecule has 0 spiro atoms. The number of hydrogen-bond donors (Lipinski definition) is 1. The maximum Gasteiger partial charge on any atom is 0.327 e. The summed E-state index contributed by atoms with van der Waals surface area (Å²) in [6.07, 6.45) is 5.95. The number of hydrogen-bond acceptors (Lipinski definition) is 7. The van der Waals surface area contributed by atoms with E-state index in [4.69, 9.17) is 0 Å². The van der Waals surface area contributed by atoms with Crippen LogP contribution in [0.1, 0.15) is 18.2 Å². The standard InChI is InChI=1S/C15H19N7O2/c1-4-12-10(7-21(2)20-12)5-16-14-11-6-19-22(8-13(23)24-3)15(11)18-9-17-14/h6-7,9H,4-5,8H2,1-3H3,(H,16,17,18). The van der Waals surface area contributed by atoms with Crippen LogP contribution in [0.4, 0.5) is 5.82 Å². The van der Waals surface area contributed by atoms with Crippen molar-refractivity contribution in [3.8, 4) is 0 Å². The van der Waals surface area contributed by atoms with Crippen molar-refractivity contribution in [1.82, 2.24) is 29.5 Å². The van der Waals surface area contributed by atoms with Gasteiger partial charge in [-0.3, -0.25) is 9.48 Å². The second-order valence-electron chi connectivity index (χ2n) is 5.32. The zero-order valence-corrected chi connectivity index (χ0v) is 13.9. The van der Waals surface area contributed by atoms with Gasteiger partial charge in [0.1, 0.15) is 18.7 Å². The van der Waals surface area contributed by atoms with E-state index < -0.39 is 0 Å². The number of ether oxygens (including phenoxy) is 1. The van der Waals surface area contributed by atoms with Crippen molar-refractivity contribution in [3.05, 3.63) is 30.0 Å². The molecule has 0 unspecified atom stereocenters. The van der Waals surface area contributed by atoms with Gasteiger partial charge >= 0.3 is 5.97 Å². The molecule has 0 aliphatic rings. The van der Waals surface area contributed by atoms with Crippen LogP contribution in [0.2, 0.25) is 0 Å². The lowest BCUT2D eigenvalue weighted by molar-refractivity contribution is -0.141. The first kappa shape index (κ1) is 15.9. The van der Waals surface area contributed by atoms with E-state index >= 15 is 0 Å². The molecule has 0 atom stereocenters. The molecule has 0 amide bonds. The highest BCUT2D eigenvalue weighted by atomic mass is 16.5. The van der Waals surface area contributed by atoms with Gasteiger partial charge in [-0.25, -0.2) is 14.6 Å². The molecule has 126 valence electrons. The van der Waals surface area contributed by atoms with Crippen LogP contribution in [0.3, 0.4) is 0 Å². The smallest absolute Gasteiger partial charge is 0.327 e. The number of aryl methyl sites for hydroxylation is 2. The van der Waals surface area contributed by atoms with Gasteiger partial charge in [0.05, 0.1) is 24.4 Å². The minimum Gasteiger partial charge on any atom is -0.468 e. The zero-order chi connectivity index (χ0) is 17.1. The molecule has 0 saturated carbocycles. The van der Waals surface area contributed by atoms with Crippen molar-refractivity contribution >= 4 is 22.8 Å². The Morgan fingerprint density at radius 1 is 1.38 bits per heavy atom. The highest BCUT2D eigenvalue weighted by molar-refractivity contribution is 5.86. The molecule has 0 aliphatic heterocycles. The quantitative estimate of drug-likeness (QED) is 0.671. The molecule has 24 heavy (non-hydrogen) atoms. The molecule has 9 heteroatoms. The first-order valence-electron chi connectivity index (χ1n) is 7.61. The largest absolute Gasteiger partial charge is 0.468 e. The molecule has 0 saturated heterocycles. The molecule has 3 rings (SSSR count). The number of methoxy groups -OCH3 is 1. The third-order valence-electron chi connectivity index (χ3n) is 3.71. The number of carbonyl (C=O) groups is 1. The maximum atomic E-state index is 11.4. The predicted molar refractivity (Wildman–Crippen MR) is 87.3 cm³/mol. The topological polar surface area (TPSA) is 99.8 Å². The highest BCUT2D eigenvalue weighted by Crippen LogP contribution is 2.20. The van der Waals surface area contributed by atoms with Crippen molar-refractivity contribution in [3.63, 3.8) is 0 Å². The van der Waals surface area contributed by atoms with Crippen molar-refractivity contribution in [2.24, 2.45) is 7.05 Å². The summed E-state index contributed by atoms with van der Waals surface area (Å²) < 4.78 is 7.97. The Kier molecular flexibility index (Phi) is 4.41. The first-order chi connectivity index (χ1) is 11.6. The van der Waals surface area contributed by atoms with Crippen LogP contribution in [0.15, 0.2) is 18.7 Å². The molecule has 0 fully saturated rings. The third kappa shape index (κ3) is 3.05. The van der Waals surface area contributed by atoms with Gasteiger partial charge in [0.25, 0.3) is 0 Å². The summed E-state index contributed by atoms with van der Waals surface area (Å²) in [4.78, 5) is 19.9. The Morgan fingerprint density at radius 2 is 2.21 bits per heavy atom. The highest BCUT2D eigenvalue weighted by Gasteiger charge is 2.13. The number of anilines is 1. The Bertz CT molecular complexity index is 868. The van der Waals surface area contributed by atoms with Crippen molar-refractivity contribution in [1.29, 1.82) is 0 Å². The Morgan fingerprint density at radius 3 is 2.96 bits per heavy atom. The van der Waals surface area contributed by atoms with Crippen LogP contribution in [-0.2, 0) is 36.1 Å². The van der Waals surface area contributed by atoms with Gasteiger partial charge in [-0.2, -0.15) is 10.2 Å². The van der Waals surface area contributed by atoms with E-state index in [2.05, 4.69) is 37.1 Å². The SMILES string of the molecule is CCc1nn(C)cc1CNc1ncnc2c1cnn2CC(=O)OC. The van der Waals surface area contributed by atoms with E-state index in [9.17, 15) is 4.79 Å². The molecule has 9 nitrogen and oxygen atoms in total. The molecule has 1 N–H and O–H groups in total. The number of rotatable bonds is 6. The summed E-state index contributed by atoms with van der Waals surface area (Å²) in [6, 6.07) is 0. The van der Waals surface area contributed by atoms with Crippen molar-refractivity contribution in [2.45, 2.75) is 26.4 Å². The van der Waals surface area contributed by atoms with Gasteiger partial charge < -0.3 is 10.1 Å². The first-order valence-corrected chi connectivity index (χ1v) is 7.61. The molecule has 3 aromatic rings. The van der Waals surface area contributed by atoms with Gasteiger partial charge in [-0.1, -0.05) is 6.92 Å². The van der Waals surface area contributed by atoms with Crippen LogP contribution in [0.25, 0.3) is 11.0 Å². The van der Waals surface area contributed by atoms with E-state index in [1.165, 1.54) is 18.1 Å². The van der Waals surface area contributed by atoms with Gasteiger partial charge in [-0.15, -0.1) is 0 Å². The Balaban J connectivity index is 1.83. The second kappa shape index (κ2) is 6.65. The van der Waals surface area contributed by atoms with Gasteiger partial charge in [0, 0.05) is 25.4 Å². The monoisotopic (exact) mass is 329 g/mol. The predicted octanol–water partition coefficient (Wildman–Crippen LogP) is 0.907. The number of nitrogens with one attached hydrogen (secondary N) is 1. The Labute approximate surface area is 138 Å². The summed E-state index contributed by atoms with van der Waals surface area (Å²) >= 11 is 0. The average Bonchev–Trinajstić information content (AvgIpc) is 3.16. The van der Waals surface area contributed by atoms with Crippen LogP contribution < -0.4 is 5.32 Å². The normalized spacial score (nSPS) is 11.0. The van der Waals surface area contributed by atoms with E-state index in [1.54, 1.807) is 10.9 Å². The van der Waals surface area contributed by atoms with Crippen LogP contribution in [0, 0.1) is 0 Å². The number of fused-ring (bicyclic) bond motifs is 1. The van der Waals surface area contributed by atoms with Crippen molar-refractivity contribution in [2.75, 3.05) is 12.4 Å². The lowest BCUT2D eigenvalue weighted by Gasteiger charge is -2.06. The Hall–Kier alpha value is -2.97. The van der Waals surface area contributed by atoms with Gasteiger partial charge in [-0.05, 0) is 6.42 Å². The number of nitrogens with zero attached hydrogens (tertiary/aromatic N) is 6. The third-order valence-corrected chi connectivity index (χ3v) is 3.71. The molecular weight excluding hydrogens is 310 g/mol. The van der Waals surface area contributed by atoms with Crippen molar-refractivity contribution < 1.29 is 9.53 Å². The number of carbonyl (C=O) groups excluding carboxylic acids is 1. The molecule has 0 aromatic carbocycles. The minimum absolute atomic E-state index is 0.0129. The summed E-state index contributed by atoms with van der Waals surface area (Å²) in [5.41, 5.74) is 2.75. The number of aromatic nitrogens is 6. The maximum absolute atomic E-state index is 11.4. The fraction of sp³-hybridized carbons (Fsp3) is 0.400. The number of esters is 1. The average molecular weight is 329 g/mol. The second-order valence-corrected chi connectivity index (χ2v) is 5.32. The summed E-state index contributed by atoms with van der Waals surface area (Å²) in [5.74, 6) is 0.290. The minimum atomic E-state index is -0.379. The van der Waals surface area contributed by atoms with Crippen LogP contribution in [-0.4, -0.2) is 42.6 Å². The summed E-state index contributed by atoms with van der Waals surface area (Å²) in [5, 5.41) is 12.7. The fourth-order valence-corrected chi connectivity index (χ4v) is 2.54.